The van der Waals surface area contributed by atoms with Crippen molar-refractivity contribution in [2.24, 2.45) is 0 Å². The zero-order valence-corrected chi connectivity index (χ0v) is 17.0. The number of hydrogen-bond donors (Lipinski definition) is 1. The average Bonchev–Trinajstić information content (AvgIpc) is 2.98. The summed E-state index contributed by atoms with van der Waals surface area (Å²) in [5.41, 5.74) is 6.92. The fourth-order valence-corrected chi connectivity index (χ4v) is 4.81. The topological polar surface area (TPSA) is 75.2 Å². The van der Waals surface area contributed by atoms with Crippen molar-refractivity contribution in [1.82, 2.24) is 14.9 Å². The molecule has 3 aromatic rings. The molecule has 1 aliphatic heterocycles. The van der Waals surface area contributed by atoms with E-state index < -0.39 is 10.0 Å². The number of anilines is 1. The second kappa shape index (κ2) is 7.18. The molecule has 0 amide bonds. The molecule has 4 rings (SSSR count). The Morgan fingerprint density at radius 2 is 2.00 bits per heavy atom. The number of pyridine rings is 1. The van der Waals surface area contributed by atoms with Crippen molar-refractivity contribution in [3.05, 3.63) is 52.8 Å². The molecular formula is C19H22N4O2S2. The summed E-state index contributed by atoms with van der Waals surface area (Å²) in [6.07, 6.45) is 4.47. The van der Waals surface area contributed by atoms with E-state index in [-0.39, 0.29) is 0 Å². The number of nitrogens with one attached hydrogen (secondary N) is 1. The van der Waals surface area contributed by atoms with E-state index in [1.54, 1.807) is 17.5 Å². The standard InChI is InChI=1S/C19H22N4O2S2/c1-13(14-3-4-19-18(10-14)21-12-26-19)23-7-5-15-9-16(22-27(2,24)25)11-20-17(15)6-8-23/h3-4,9-13,22H,5-8H2,1-2H3. The van der Waals surface area contributed by atoms with Crippen LogP contribution in [0.2, 0.25) is 0 Å². The highest BCUT2D eigenvalue weighted by Gasteiger charge is 2.21. The summed E-state index contributed by atoms with van der Waals surface area (Å²) in [5, 5.41) is 0. The molecule has 1 N–H and O–H groups in total. The summed E-state index contributed by atoms with van der Waals surface area (Å²) in [4.78, 5) is 11.4. The molecule has 0 aliphatic carbocycles. The van der Waals surface area contributed by atoms with Crippen molar-refractivity contribution in [2.75, 3.05) is 24.1 Å². The van der Waals surface area contributed by atoms with Crippen LogP contribution in [0, 0.1) is 0 Å². The molecule has 1 aromatic carbocycles. The Bertz CT molecular complexity index is 1080. The van der Waals surface area contributed by atoms with Crippen LogP contribution in [0.5, 0.6) is 0 Å². The normalized spacial score (nSPS) is 16.7. The summed E-state index contributed by atoms with van der Waals surface area (Å²) in [7, 11) is -3.29. The van der Waals surface area contributed by atoms with Gasteiger partial charge in [-0.2, -0.15) is 0 Å². The van der Waals surface area contributed by atoms with Crippen LogP contribution in [0.25, 0.3) is 10.2 Å². The van der Waals surface area contributed by atoms with E-state index in [9.17, 15) is 8.42 Å². The van der Waals surface area contributed by atoms with Gasteiger partial charge in [0.25, 0.3) is 0 Å². The van der Waals surface area contributed by atoms with Gasteiger partial charge < -0.3 is 0 Å². The van der Waals surface area contributed by atoms with Crippen LogP contribution in [0.15, 0.2) is 36.0 Å². The lowest BCUT2D eigenvalue weighted by molar-refractivity contribution is 0.221. The van der Waals surface area contributed by atoms with Crippen molar-refractivity contribution in [3.8, 4) is 0 Å². The first kappa shape index (κ1) is 18.3. The number of hydrogen-bond acceptors (Lipinski definition) is 6. The summed E-state index contributed by atoms with van der Waals surface area (Å²) in [6.45, 7) is 4.07. The van der Waals surface area contributed by atoms with Gasteiger partial charge in [0, 0.05) is 31.2 Å². The van der Waals surface area contributed by atoms with Crippen LogP contribution < -0.4 is 4.72 Å². The summed E-state index contributed by atoms with van der Waals surface area (Å²) in [5.74, 6) is 0. The first-order valence-corrected chi connectivity index (χ1v) is 11.7. The molecule has 0 spiro atoms. The maximum absolute atomic E-state index is 11.5. The van der Waals surface area contributed by atoms with E-state index in [1.165, 1.54) is 10.3 Å². The minimum Gasteiger partial charge on any atom is -0.296 e. The predicted molar refractivity (Wildman–Crippen MR) is 110 cm³/mol. The van der Waals surface area contributed by atoms with E-state index in [0.29, 0.717) is 11.7 Å². The van der Waals surface area contributed by atoms with Gasteiger partial charge in [-0.25, -0.2) is 13.4 Å². The Balaban J connectivity index is 1.52. The third kappa shape index (κ3) is 4.12. The maximum Gasteiger partial charge on any atom is 0.229 e. The quantitative estimate of drug-likeness (QED) is 0.725. The van der Waals surface area contributed by atoms with Crippen molar-refractivity contribution < 1.29 is 8.42 Å². The van der Waals surface area contributed by atoms with Gasteiger partial charge in [-0.1, -0.05) is 6.07 Å². The molecule has 0 radical (unpaired) electrons. The Morgan fingerprint density at radius 1 is 1.19 bits per heavy atom. The number of benzene rings is 1. The fourth-order valence-electron chi connectivity index (χ4n) is 3.61. The third-order valence-corrected chi connectivity index (χ3v) is 6.47. The summed E-state index contributed by atoms with van der Waals surface area (Å²) >= 11 is 1.66. The zero-order valence-electron chi connectivity index (χ0n) is 15.3. The largest absolute Gasteiger partial charge is 0.296 e. The highest BCUT2D eigenvalue weighted by atomic mass is 32.2. The van der Waals surface area contributed by atoms with Crippen LogP contribution >= 0.6 is 11.3 Å². The third-order valence-electron chi connectivity index (χ3n) is 5.05. The van der Waals surface area contributed by atoms with Crippen LogP contribution in [0.3, 0.4) is 0 Å². The Morgan fingerprint density at radius 3 is 2.81 bits per heavy atom. The molecule has 1 aliphatic rings. The van der Waals surface area contributed by atoms with E-state index in [4.69, 9.17) is 0 Å². The molecular weight excluding hydrogens is 380 g/mol. The Kier molecular flexibility index (Phi) is 4.88. The van der Waals surface area contributed by atoms with Gasteiger partial charge in [0.05, 0.1) is 33.9 Å². The molecule has 142 valence electrons. The van der Waals surface area contributed by atoms with E-state index >= 15 is 0 Å². The first-order valence-electron chi connectivity index (χ1n) is 8.92. The highest BCUT2D eigenvalue weighted by Crippen LogP contribution is 2.28. The first-order chi connectivity index (χ1) is 12.9. The van der Waals surface area contributed by atoms with Crippen LogP contribution in [0.1, 0.15) is 29.8 Å². The number of fused-ring (bicyclic) bond motifs is 2. The Hall–Kier alpha value is -2.03. The molecule has 2 aromatic heterocycles. The van der Waals surface area contributed by atoms with Gasteiger partial charge in [0.1, 0.15) is 0 Å². The highest BCUT2D eigenvalue weighted by molar-refractivity contribution is 7.92. The average molecular weight is 403 g/mol. The van der Waals surface area contributed by atoms with Crippen molar-refractivity contribution in [1.29, 1.82) is 0 Å². The van der Waals surface area contributed by atoms with Crippen molar-refractivity contribution >= 4 is 37.3 Å². The molecule has 0 saturated heterocycles. The number of rotatable bonds is 4. The lowest BCUT2D eigenvalue weighted by Gasteiger charge is -2.27. The van der Waals surface area contributed by atoms with E-state index in [1.807, 2.05) is 11.6 Å². The van der Waals surface area contributed by atoms with Gasteiger partial charge in [-0.3, -0.25) is 14.6 Å². The maximum atomic E-state index is 11.5. The smallest absolute Gasteiger partial charge is 0.229 e. The lowest BCUT2D eigenvalue weighted by Crippen LogP contribution is -2.29. The fraction of sp³-hybridized carbons (Fsp3) is 0.368. The minimum atomic E-state index is -3.29. The molecule has 0 bridgehead atoms. The monoisotopic (exact) mass is 402 g/mol. The van der Waals surface area contributed by atoms with Gasteiger partial charge >= 0.3 is 0 Å². The molecule has 0 saturated carbocycles. The minimum absolute atomic E-state index is 0.291. The van der Waals surface area contributed by atoms with E-state index in [0.717, 1.165) is 49.0 Å². The second-order valence-corrected chi connectivity index (χ2v) is 9.63. The second-order valence-electron chi connectivity index (χ2n) is 7.00. The van der Waals surface area contributed by atoms with Gasteiger partial charge in [-0.05, 0) is 42.7 Å². The molecule has 0 fully saturated rings. The lowest BCUT2D eigenvalue weighted by atomic mass is 10.1. The predicted octanol–water partition coefficient (Wildman–Crippen LogP) is 3.22. The van der Waals surface area contributed by atoms with E-state index in [2.05, 4.69) is 44.7 Å². The molecule has 6 nitrogen and oxygen atoms in total. The van der Waals surface area contributed by atoms with Crippen LogP contribution in [-0.2, 0) is 22.9 Å². The summed E-state index contributed by atoms with van der Waals surface area (Å²) < 4.78 is 26.6. The molecule has 3 heterocycles. The summed E-state index contributed by atoms with van der Waals surface area (Å²) in [6, 6.07) is 8.73. The van der Waals surface area contributed by atoms with Gasteiger partial charge in [0.15, 0.2) is 0 Å². The molecule has 8 heteroatoms. The SMILES string of the molecule is CC(c1ccc2scnc2c1)N1CCc2cc(NS(C)(=O)=O)cnc2CC1. The van der Waals surface area contributed by atoms with Gasteiger partial charge in [0.2, 0.25) is 10.0 Å². The van der Waals surface area contributed by atoms with Gasteiger partial charge in [-0.15, -0.1) is 11.3 Å². The molecule has 1 atom stereocenters. The van der Waals surface area contributed by atoms with Crippen LogP contribution in [0.4, 0.5) is 5.69 Å². The number of aromatic nitrogens is 2. The molecule has 1 unspecified atom stereocenters. The number of sulfonamides is 1. The molecule has 27 heavy (non-hydrogen) atoms. The Labute approximate surface area is 163 Å². The van der Waals surface area contributed by atoms with Crippen LogP contribution in [-0.4, -0.2) is 42.6 Å². The number of thiazole rings is 1. The zero-order chi connectivity index (χ0) is 19.0. The number of nitrogens with zero attached hydrogens (tertiary/aromatic N) is 3. The van der Waals surface area contributed by atoms with Crippen molar-refractivity contribution in [3.63, 3.8) is 0 Å². The van der Waals surface area contributed by atoms with Crippen molar-refractivity contribution in [2.45, 2.75) is 25.8 Å².